The first-order valence-corrected chi connectivity index (χ1v) is 6.02. The molecule has 21 heavy (non-hydrogen) atoms. The Balaban J connectivity index is 2.01. The molecule has 2 amide bonds. The summed E-state index contributed by atoms with van der Waals surface area (Å²) in [5.41, 5.74) is 4.90. The largest absolute Gasteiger partial charge is 0.456 e. The van der Waals surface area contributed by atoms with Gasteiger partial charge in [-0.15, -0.1) is 0 Å². The maximum atomic E-state index is 10.9. The number of rotatable bonds is 4. The lowest BCUT2D eigenvalue weighted by Crippen LogP contribution is -2.16. The number of hydrogen-bond acceptors (Lipinski definition) is 5. The van der Waals surface area contributed by atoms with Crippen LogP contribution < -0.4 is 20.5 Å². The molecule has 7 heteroatoms. The first kappa shape index (κ1) is 14.3. The molecule has 1 aromatic carbocycles. The van der Waals surface area contributed by atoms with Crippen molar-refractivity contribution in [2.75, 3.05) is 5.32 Å². The number of hydrogen-bond donors (Lipinski definition) is 2. The van der Waals surface area contributed by atoms with Crippen molar-refractivity contribution < 1.29 is 19.1 Å². The van der Waals surface area contributed by atoms with E-state index in [4.69, 9.17) is 15.2 Å². The van der Waals surface area contributed by atoms with Gasteiger partial charge in [-0.3, -0.25) is 4.79 Å². The highest BCUT2D eigenvalue weighted by Gasteiger charge is 2.02. The first-order valence-electron chi connectivity index (χ1n) is 6.02. The fourth-order valence-corrected chi connectivity index (χ4v) is 1.52. The predicted octanol–water partition coefficient (Wildman–Crippen LogP) is 2.29. The Morgan fingerprint density at radius 2 is 1.67 bits per heavy atom. The molecule has 0 unspecified atom stereocenters. The highest BCUT2D eigenvalue weighted by Crippen LogP contribution is 2.23. The van der Waals surface area contributed by atoms with E-state index in [-0.39, 0.29) is 5.91 Å². The van der Waals surface area contributed by atoms with Gasteiger partial charge in [0.25, 0.3) is 0 Å². The molecule has 0 aliphatic heterocycles. The van der Waals surface area contributed by atoms with E-state index in [1.165, 1.54) is 13.1 Å². The third-order valence-corrected chi connectivity index (χ3v) is 2.32. The molecule has 0 aliphatic rings. The molecule has 0 fully saturated rings. The number of carbonyl (C=O) groups excluding carboxylic acids is 2. The molecule has 2 rings (SSSR count). The number of primary amides is 1. The molecule has 0 saturated heterocycles. The predicted molar refractivity (Wildman–Crippen MR) is 75.3 cm³/mol. The van der Waals surface area contributed by atoms with Crippen molar-refractivity contribution >= 4 is 17.8 Å². The molecular weight excluding hydrogens is 274 g/mol. The fraction of sp³-hybridized carbons (Fsp3) is 0.0714. The van der Waals surface area contributed by atoms with Crippen LogP contribution in [0.5, 0.6) is 17.2 Å². The third kappa shape index (κ3) is 4.50. The Morgan fingerprint density at radius 1 is 1.05 bits per heavy atom. The van der Waals surface area contributed by atoms with Gasteiger partial charge in [0.1, 0.15) is 23.1 Å². The lowest BCUT2D eigenvalue weighted by atomic mass is 10.3. The van der Waals surface area contributed by atoms with Gasteiger partial charge in [-0.25, -0.2) is 9.78 Å². The van der Waals surface area contributed by atoms with Gasteiger partial charge in [0.2, 0.25) is 5.91 Å². The van der Waals surface area contributed by atoms with Crippen LogP contribution in [0.2, 0.25) is 0 Å². The molecule has 108 valence electrons. The van der Waals surface area contributed by atoms with Crippen molar-refractivity contribution in [1.82, 2.24) is 4.98 Å². The standard InChI is InChI=1S/C14H13N3O4/c1-9(18)17-13-7-6-12(8-16-13)20-10-2-4-11(5-3-10)21-14(15)19/h2-8H,1H3,(H2,15,19)(H,16,17,18). The smallest absolute Gasteiger partial charge is 0.409 e. The normalized spacial score (nSPS) is 9.76. The molecule has 0 radical (unpaired) electrons. The van der Waals surface area contributed by atoms with Gasteiger partial charge in [-0.05, 0) is 36.4 Å². The Kier molecular flexibility index (Phi) is 4.35. The third-order valence-electron chi connectivity index (χ3n) is 2.32. The Morgan fingerprint density at radius 3 is 2.19 bits per heavy atom. The second-order valence-electron chi connectivity index (χ2n) is 4.05. The van der Waals surface area contributed by atoms with Crippen molar-refractivity contribution in [3.05, 3.63) is 42.6 Å². The molecule has 0 spiro atoms. The summed E-state index contributed by atoms with van der Waals surface area (Å²) >= 11 is 0. The van der Waals surface area contributed by atoms with E-state index >= 15 is 0 Å². The number of nitrogens with one attached hydrogen (secondary N) is 1. The van der Waals surface area contributed by atoms with E-state index < -0.39 is 6.09 Å². The summed E-state index contributed by atoms with van der Waals surface area (Å²) in [4.78, 5) is 25.5. The van der Waals surface area contributed by atoms with E-state index in [1.54, 1.807) is 36.4 Å². The summed E-state index contributed by atoms with van der Waals surface area (Å²) in [6.07, 6.45) is 0.612. The van der Waals surface area contributed by atoms with E-state index in [9.17, 15) is 9.59 Å². The van der Waals surface area contributed by atoms with Crippen LogP contribution in [-0.4, -0.2) is 17.0 Å². The molecule has 3 N–H and O–H groups in total. The number of nitrogens with zero attached hydrogens (tertiary/aromatic N) is 1. The average molecular weight is 287 g/mol. The molecule has 7 nitrogen and oxygen atoms in total. The number of carbonyl (C=O) groups is 2. The van der Waals surface area contributed by atoms with E-state index in [0.717, 1.165) is 0 Å². The van der Waals surface area contributed by atoms with Crippen LogP contribution >= 0.6 is 0 Å². The minimum absolute atomic E-state index is 0.193. The van der Waals surface area contributed by atoms with Crippen LogP contribution in [0.3, 0.4) is 0 Å². The topological polar surface area (TPSA) is 104 Å². The van der Waals surface area contributed by atoms with Crippen molar-refractivity contribution in [2.45, 2.75) is 6.92 Å². The summed E-state index contributed by atoms with van der Waals surface area (Å²) in [5, 5.41) is 2.56. The Hall–Kier alpha value is -3.09. The lowest BCUT2D eigenvalue weighted by Gasteiger charge is -2.07. The summed E-state index contributed by atoms with van der Waals surface area (Å²) in [6, 6.07) is 9.66. The van der Waals surface area contributed by atoms with Crippen LogP contribution in [0.1, 0.15) is 6.92 Å². The fourth-order valence-electron chi connectivity index (χ4n) is 1.52. The number of ether oxygens (including phenoxy) is 2. The zero-order valence-electron chi connectivity index (χ0n) is 11.2. The van der Waals surface area contributed by atoms with Gasteiger partial charge >= 0.3 is 6.09 Å². The monoisotopic (exact) mass is 287 g/mol. The van der Waals surface area contributed by atoms with Crippen molar-refractivity contribution in [3.63, 3.8) is 0 Å². The van der Waals surface area contributed by atoms with Crippen LogP contribution in [0, 0.1) is 0 Å². The van der Waals surface area contributed by atoms with Gasteiger partial charge in [-0.2, -0.15) is 0 Å². The van der Waals surface area contributed by atoms with Crippen LogP contribution in [0.25, 0.3) is 0 Å². The number of pyridine rings is 1. The van der Waals surface area contributed by atoms with Crippen molar-refractivity contribution in [3.8, 4) is 17.2 Å². The van der Waals surface area contributed by atoms with Gasteiger partial charge in [-0.1, -0.05) is 0 Å². The summed E-state index contributed by atoms with van der Waals surface area (Å²) in [5.74, 6) is 1.63. The maximum absolute atomic E-state index is 10.9. The molecular formula is C14H13N3O4. The highest BCUT2D eigenvalue weighted by atomic mass is 16.5. The van der Waals surface area contributed by atoms with Gasteiger partial charge in [0, 0.05) is 6.92 Å². The number of benzene rings is 1. The lowest BCUT2D eigenvalue weighted by molar-refractivity contribution is -0.114. The van der Waals surface area contributed by atoms with Crippen molar-refractivity contribution in [2.24, 2.45) is 5.73 Å². The molecule has 0 atom stereocenters. The van der Waals surface area contributed by atoms with E-state index in [0.29, 0.717) is 23.1 Å². The van der Waals surface area contributed by atoms with E-state index in [2.05, 4.69) is 10.3 Å². The van der Waals surface area contributed by atoms with Crippen LogP contribution in [0.4, 0.5) is 10.6 Å². The van der Waals surface area contributed by atoms with Crippen molar-refractivity contribution in [1.29, 1.82) is 0 Å². The Labute approximate surface area is 120 Å². The second kappa shape index (κ2) is 6.38. The van der Waals surface area contributed by atoms with Crippen LogP contribution in [0.15, 0.2) is 42.6 Å². The molecule has 0 aliphatic carbocycles. The zero-order chi connectivity index (χ0) is 15.2. The summed E-state index contributed by atoms with van der Waals surface area (Å²) < 4.78 is 10.3. The number of aromatic nitrogens is 1. The number of anilines is 1. The minimum Gasteiger partial charge on any atom is -0.456 e. The maximum Gasteiger partial charge on any atom is 0.409 e. The molecule has 1 heterocycles. The van der Waals surface area contributed by atoms with E-state index in [1.807, 2.05) is 0 Å². The minimum atomic E-state index is -0.874. The Bertz CT molecular complexity index is 581. The molecule has 1 aromatic heterocycles. The first-order chi connectivity index (χ1) is 10.0. The van der Waals surface area contributed by atoms with Gasteiger partial charge < -0.3 is 20.5 Å². The quantitative estimate of drug-likeness (QED) is 0.897. The van der Waals surface area contributed by atoms with Crippen LogP contribution in [-0.2, 0) is 4.79 Å². The number of nitrogens with two attached hydrogens (primary N) is 1. The molecule has 2 aromatic rings. The van der Waals surface area contributed by atoms with Gasteiger partial charge in [0.15, 0.2) is 0 Å². The van der Waals surface area contributed by atoms with Gasteiger partial charge in [0.05, 0.1) is 6.20 Å². The second-order valence-corrected chi connectivity index (χ2v) is 4.05. The average Bonchev–Trinajstić information content (AvgIpc) is 2.42. The number of amides is 2. The molecule has 0 saturated carbocycles. The summed E-state index contributed by atoms with van der Waals surface area (Å²) in [7, 11) is 0. The summed E-state index contributed by atoms with van der Waals surface area (Å²) in [6.45, 7) is 1.40. The SMILES string of the molecule is CC(=O)Nc1ccc(Oc2ccc(OC(N)=O)cc2)cn1. The highest BCUT2D eigenvalue weighted by molar-refractivity contribution is 5.87. The zero-order valence-corrected chi connectivity index (χ0v) is 11.2. The molecule has 0 bridgehead atoms.